The van der Waals surface area contributed by atoms with Crippen LogP contribution in [-0.2, 0) is 0 Å². The van der Waals surface area contributed by atoms with Crippen molar-refractivity contribution in [3.05, 3.63) is 24.0 Å². The zero-order chi connectivity index (χ0) is 17.0. The summed E-state index contributed by atoms with van der Waals surface area (Å²) >= 11 is 1.70. The fourth-order valence-corrected chi connectivity index (χ4v) is 3.80. The van der Waals surface area contributed by atoms with Gasteiger partial charge in [0.15, 0.2) is 18.1 Å². The summed E-state index contributed by atoms with van der Waals surface area (Å²) in [7, 11) is 1.67. The van der Waals surface area contributed by atoms with E-state index >= 15 is 0 Å². The van der Waals surface area contributed by atoms with Crippen molar-refractivity contribution in [1.82, 2.24) is 9.88 Å². The molecule has 2 atom stereocenters. The van der Waals surface area contributed by atoms with Gasteiger partial charge >= 0.3 is 6.18 Å². The molecule has 1 aromatic rings. The third-order valence-corrected chi connectivity index (χ3v) is 5.06. The van der Waals surface area contributed by atoms with Crippen molar-refractivity contribution in [3.8, 4) is 5.75 Å². The minimum absolute atomic E-state index is 0.0648. The van der Waals surface area contributed by atoms with Gasteiger partial charge in [-0.2, -0.15) is 24.9 Å². The summed E-state index contributed by atoms with van der Waals surface area (Å²) in [6.07, 6.45) is 1.87. The van der Waals surface area contributed by atoms with Crippen LogP contribution in [0.5, 0.6) is 5.75 Å². The second-order valence-corrected chi connectivity index (χ2v) is 6.52. The predicted molar refractivity (Wildman–Crippen MR) is 82.8 cm³/mol. The summed E-state index contributed by atoms with van der Waals surface area (Å²) in [4.78, 5) is 18.1. The molecule has 1 fully saturated rings. The molecule has 0 N–H and O–H groups in total. The predicted octanol–water partition coefficient (Wildman–Crippen LogP) is 3.38. The fraction of sp³-hybridized carbons (Fsp3) is 0.600. The maximum absolute atomic E-state index is 12.6. The number of halogens is 3. The van der Waals surface area contributed by atoms with E-state index in [1.807, 2.05) is 6.26 Å². The van der Waals surface area contributed by atoms with E-state index in [1.54, 1.807) is 23.7 Å². The number of hydrogen-bond donors (Lipinski definition) is 0. The number of ether oxygens (including phenoxy) is 1. The van der Waals surface area contributed by atoms with Gasteiger partial charge in [-0.15, -0.1) is 0 Å². The standard InChI is InChI=1S/C15H19F3N2O2S/c1-20(10-5-3-7-12(10)23-2)14(21)13-11(6-4-8-19-13)22-9-15(16,17)18/h4,6,8,10,12H,3,5,7,9H2,1-2H3/t10-,12+/m0/s1. The molecule has 0 aliphatic heterocycles. The minimum atomic E-state index is -4.46. The van der Waals surface area contributed by atoms with Gasteiger partial charge in [0.05, 0.1) is 0 Å². The third kappa shape index (κ3) is 4.53. The minimum Gasteiger partial charge on any atom is -0.482 e. The number of hydrogen-bond acceptors (Lipinski definition) is 4. The molecule has 1 heterocycles. The van der Waals surface area contributed by atoms with Crippen molar-refractivity contribution in [1.29, 1.82) is 0 Å². The number of pyridine rings is 1. The SMILES string of the molecule is CS[C@@H]1CCC[C@@H]1N(C)C(=O)c1ncccc1OCC(F)(F)F. The zero-order valence-corrected chi connectivity index (χ0v) is 13.8. The van der Waals surface area contributed by atoms with Crippen LogP contribution in [0.15, 0.2) is 18.3 Å². The molecular formula is C15H19F3N2O2S. The number of amides is 1. The van der Waals surface area contributed by atoms with Gasteiger partial charge in [0.2, 0.25) is 0 Å². The number of carbonyl (C=O) groups is 1. The Morgan fingerprint density at radius 1 is 1.48 bits per heavy atom. The summed E-state index contributed by atoms with van der Waals surface area (Å²) in [5.74, 6) is -0.547. The van der Waals surface area contributed by atoms with Crippen LogP contribution in [0.1, 0.15) is 29.8 Å². The van der Waals surface area contributed by atoms with Crippen molar-refractivity contribution in [3.63, 3.8) is 0 Å². The Bertz CT molecular complexity index is 554. The highest BCUT2D eigenvalue weighted by atomic mass is 32.2. The van der Waals surface area contributed by atoms with Gasteiger partial charge < -0.3 is 9.64 Å². The number of rotatable bonds is 5. The van der Waals surface area contributed by atoms with Crippen LogP contribution >= 0.6 is 11.8 Å². The molecule has 2 rings (SSSR count). The van der Waals surface area contributed by atoms with Crippen LogP contribution < -0.4 is 4.74 Å². The third-order valence-electron chi connectivity index (χ3n) is 3.90. The molecule has 4 nitrogen and oxygen atoms in total. The summed E-state index contributed by atoms with van der Waals surface area (Å²) < 4.78 is 41.7. The van der Waals surface area contributed by atoms with Gasteiger partial charge in [-0.3, -0.25) is 4.79 Å². The first-order chi connectivity index (χ1) is 10.8. The number of carbonyl (C=O) groups excluding carboxylic acids is 1. The lowest BCUT2D eigenvalue weighted by atomic mass is 10.2. The Kier molecular flexibility index (Phi) is 5.78. The zero-order valence-electron chi connectivity index (χ0n) is 13.0. The molecule has 128 valence electrons. The van der Waals surface area contributed by atoms with E-state index in [4.69, 9.17) is 4.74 Å². The summed E-state index contributed by atoms with van der Waals surface area (Å²) in [5, 5.41) is 0.340. The molecule has 1 aliphatic carbocycles. The maximum Gasteiger partial charge on any atom is 0.422 e. The second-order valence-electron chi connectivity index (χ2n) is 5.44. The molecule has 23 heavy (non-hydrogen) atoms. The van der Waals surface area contributed by atoms with E-state index in [2.05, 4.69) is 4.98 Å². The normalized spacial score (nSPS) is 21.3. The summed E-state index contributed by atoms with van der Waals surface area (Å²) in [6.45, 7) is -1.44. The van der Waals surface area contributed by atoms with E-state index in [0.29, 0.717) is 5.25 Å². The molecule has 1 aromatic heterocycles. The maximum atomic E-state index is 12.6. The highest BCUT2D eigenvalue weighted by Crippen LogP contribution is 2.33. The van der Waals surface area contributed by atoms with E-state index < -0.39 is 18.7 Å². The molecule has 0 radical (unpaired) electrons. The van der Waals surface area contributed by atoms with Gasteiger partial charge in [-0.05, 0) is 31.2 Å². The van der Waals surface area contributed by atoms with Crippen molar-refractivity contribution in [2.75, 3.05) is 19.9 Å². The highest BCUT2D eigenvalue weighted by Gasteiger charge is 2.34. The number of nitrogens with zero attached hydrogens (tertiary/aromatic N) is 2. The number of alkyl halides is 3. The van der Waals surface area contributed by atoms with Crippen LogP contribution in [0, 0.1) is 0 Å². The molecule has 0 bridgehead atoms. The molecular weight excluding hydrogens is 329 g/mol. The lowest BCUT2D eigenvalue weighted by Gasteiger charge is -2.29. The van der Waals surface area contributed by atoms with E-state index in [0.717, 1.165) is 19.3 Å². The van der Waals surface area contributed by atoms with Crippen molar-refractivity contribution in [2.45, 2.75) is 36.7 Å². The molecule has 1 amide bonds. The molecule has 0 aromatic carbocycles. The Hall–Kier alpha value is -1.44. The first-order valence-electron chi connectivity index (χ1n) is 7.28. The Labute approximate surface area is 137 Å². The Balaban J connectivity index is 2.15. The topological polar surface area (TPSA) is 42.4 Å². The Morgan fingerprint density at radius 3 is 2.87 bits per heavy atom. The lowest BCUT2D eigenvalue weighted by molar-refractivity contribution is -0.153. The van der Waals surface area contributed by atoms with Crippen LogP contribution in [0.2, 0.25) is 0 Å². The largest absolute Gasteiger partial charge is 0.482 e. The van der Waals surface area contributed by atoms with Crippen LogP contribution in [-0.4, -0.2) is 53.2 Å². The van der Waals surface area contributed by atoms with Gasteiger partial charge in [0.1, 0.15) is 0 Å². The average molecular weight is 348 g/mol. The van der Waals surface area contributed by atoms with Crippen molar-refractivity contribution in [2.24, 2.45) is 0 Å². The summed E-state index contributed by atoms with van der Waals surface area (Å²) in [5.41, 5.74) is -0.0778. The molecule has 8 heteroatoms. The average Bonchev–Trinajstić information content (AvgIpc) is 2.99. The second kappa shape index (κ2) is 7.42. The Morgan fingerprint density at radius 2 is 2.22 bits per heavy atom. The van der Waals surface area contributed by atoms with Gasteiger partial charge in [-0.1, -0.05) is 6.42 Å². The molecule has 0 unspecified atom stereocenters. The van der Waals surface area contributed by atoms with Gasteiger partial charge in [0.25, 0.3) is 5.91 Å². The van der Waals surface area contributed by atoms with E-state index in [9.17, 15) is 18.0 Å². The smallest absolute Gasteiger partial charge is 0.422 e. The fourth-order valence-electron chi connectivity index (χ4n) is 2.77. The summed E-state index contributed by atoms with van der Waals surface area (Å²) in [6, 6.07) is 2.85. The molecule has 0 spiro atoms. The van der Waals surface area contributed by atoms with Crippen LogP contribution in [0.4, 0.5) is 13.2 Å². The lowest BCUT2D eigenvalue weighted by Crippen LogP contribution is -2.41. The molecule has 0 saturated heterocycles. The van der Waals surface area contributed by atoms with E-state index in [-0.39, 0.29) is 17.5 Å². The molecule has 1 saturated carbocycles. The van der Waals surface area contributed by atoms with Crippen molar-refractivity contribution < 1.29 is 22.7 Å². The first kappa shape index (κ1) is 17.9. The highest BCUT2D eigenvalue weighted by molar-refractivity contribution is 7.99. The van der Waals surface area contributed by atoms with Crippen LogP contribution in [0.3, 0.4) is 0 Å². The number of aromatic nitrogens is 1. The van der Waals surface area contributed by atoms with Crippen LogP contribution in [0.25, 0.3) is 0 Å². The molecule has 1 aliphatic rings. The van der Waals surface area contributed by atoms with E-state index in [1.165, 1.54) is 18.3 Å². The van der Waals surface area contributed by atoms with Gasteiger partial charge in [0, 0.05) is 24.5 Å². The first-order valence-corrected chi connectivity index (χ1v) is 8.57. The monoisotopic (exact) mass is 348 g/mol. The van der Waals surface area contributed by atoms with Gasteiger partial charge in [-0.25, -0.2) is 4.98 Å². The van der Waals surface area contributed by atoms with Crippen molar-refractivity contribution >= 4 is 17.7 Å². The quantitative estimate of drug-likeness (QED) is 0.818. The number of thioether (sulfide) groups is 1.